The molecule has 2 aromatic rings. The zero-order chi connectivity index (χ0) is 18.2. The lowest BCUT2D eigenvalue weighted by molar-refractivity contribution is -0.143. The van der Waals surface area contributed by atoms with Crippen LogP contribution in [0.3, 0.4) is 0 Å². The van der Waals surface area contributed by atoms with Gasteiger partial charge in [0, 0.05) is 24.2 Å². The highest BCUT2D eigenvalue weighted by Crippen LogP contribution is 2.45. The molecule has 0 spiro atoms. The second-order valence-electron chi connectivity index (χ2n) is 6.26. The molecule has 0 N–H and O–H groups in total. The van der Waals surface area contributed by atoms with Gasteiger partial charge in [-0.15, -0.1) is 0 Å². The lowest BCUT2D eigenvalue weighted by Gasteiger charge is -2.25. The van der Waals surface area contributed by atoms with Crippen LogP contribution in [0.1, 0.15) is 31.4 Å². The predicted molar refractivity (Wildman–Crippen MR) is 95.4 cm³/mol. The number of esters is 1. The third-order valence-corrected chi connectivity index (χ3v) is 5.64. The Bertz CT molecular complexity index is 947. The molecule has 0 fully saturated rings. The number of ether oxygens (including phenoxy) is 1. The molecule has 1 aromatic carbocycles. The van der Waals surface area contributed by atoms with Crippen LogP contribution in [0.15, 0.2) is 53.7 Å². The van der Waals surface area contributed by atoms with E-state index in [-0.39, 0.29) is 10.9 Å². The van der Waals surface area contributed by atoms with Crippen molar-refractivity contribution in [1.82, 2.24) is 4.98 Å². The average Bonchev–Trinajstić information content (AvgIpc) is 2.86. The van der Waals surface area contributed by atoms with E-state index in [0.29, 0.717) is 12.0 Å². The molecule has 0 aliphatic carbocycles. The van der Waals surface area contributed by atoms with E-state index < -0.39 is 15.4 Å². The summed E-state index contributed by atoms with van der Waals surface area (Å²) in [5.74, 6) is -0.377. The minimum Gasteiger partial charge on any atom is -0.451 e. The quantitative estimate of drug-likeness (QED) is 0.786. The van der Waals surface area contributed by atoms with Gasteiger partial charge in [-0.1, -0.05) is 19.1 Å². The van der Waals surface area contributed by atoms with E-state index in [0.717, 1.165) is 16.7 Å². The number of benzene rings is 1. The van der Waals surface area contributed by atoms with Gasteiger partial charge in [0.05, 0.1) is 10.5 Å². The van der Waals surface area contributed by atoms with Crippen LogP contribution in [-0.4, -0.2) is 31.2 Å². The van der Waals surface area contributed by atoms with Crippen molar-refractivity contribution in [3.8, 4) is 0 Å². The van der Waals surface area contributed by atoms with Crippen LogP contribution in [0, 0.1) is 0 Å². The maximum absolute atomic E-state index is 12.6. The second-order valence-corrected chi connectivity index (χ2v) is 8.27. The Morgan fingerprint density at radius 3 is 2.16 bits per heavy atom. The van der Waals surface area contributed by atoms with E-state index in [9.17, 15) is 13.2 Å². The fourth-order valence-corrected chi connectivity index (χ4v) is 3.65. The summed E-state index contributed by atoms with van der Waals surface area (Å²) in [6.07, 6.45) is 5.03. The Labute approximate surface area is 147 Å². The number of pyridine rings is 1. The summed E-state index contributed by atoms with van der Waals surface area (Å²) in [7, 11) is -3.28. The van der Waals surface area contributed by atoms with Crippen LogP contribution in [0.4, 0.5) is 0 Å². The lowest BCUT2D eigenvalue weighted by Crippen LogP contribution is -2.26. The second kappa shape index (κ2) is 6.11. The van der Waals surface area contributed by atoms with Crippen molar-refractivity contribution in [1.29, 1.82) is 0 Å². The molecule has 1 aliphatic heterocycles. The van der Waals surface area contributed by atoms with E-state index in [1.165, 1.54) is 6.26 Å². The van der Waals surface area contributed by atoms with Crippen molar-refractivity contribution in [2.45, 2.75) is 30.8 Å². The van der Waals surface area contributed by atoms with E-state index in [1.54, 1.807) is 48.8 Å². The third kappa shape index (κ3) is 3.09. The minimum absolute atomic E-state index is 0.241. The zero-order valence-electron chi connectivity index (χ0n) is 14.3. The molecule has 3 rings (SSSR count). The van der Waals surface area contributed by atoms with Crippen LogP contribution in [0.25, 0.3) is 11.1 Å². The van der Waals surface area contributed by atoms with Gasteiger partial charge in [0.1, 0.15) is 5.60 Å². The molecule has 1 aliphatic rings. The van der Waals surface area contributed by atoms with Crippen molar-refractivity contribution in [3.63, 3.8) is 0 Å². The van der Waals surface area contributed by atoms with Crippen LogP contribution in [0.2, 0.25) is 0 Å². The number of aromatic nitrogens is 1. The Balaban J connectivity index is 2.23. The summed E-state index contributed by atoms with van der Waals surface area (Å²) in [5, 5.41) is 0. The van der Waals surface area contributed by atoms with Gasteiger partial charge in [0.25, 0.3) is 0 Å². The van der Waals surface area contributed by atoms with Crippen molar-refractivity contribution in [2.75, 3.05) is 6.26 Å². The maximum atomic E-state index is 12.6. The SMILES string of the molecule is CCC1(C)OC(=O)C(c2ccncc2)=C1c1ccc(S(C)(=O)=O)cc1. The van der Waals surface area contributed by atoms with Crippen LogP contribution >= 0.6 is 0 Å². The van der Waals surface area contributed by atoms with Crippen molar-refractivity contribution in [2.24, 2.45) is 0 Å². The van der Waals surface area contributed by atoms with Gasteiger partial charge in [-0.25, -0.2) is 13.2 Å². The number of sulfone groups is 1. The molecular formula is C19H19NO4S. The van der Waals surface area contributed by atoms with E-state index >= 15 is 0 Å². The average molecular weight is 357 g/mol. The highest BCUT2D eigenvalue weighted by Gasteiger charge is 2.43. The van der Waals surface area contributed by atoms with Gasteiger partial charge in [0.15, 0.2) is 9.84 Å². The summed E-state index contributed by atoms with van der Waals surface area (Å²) in [4.78, 5) is 16.8. The minimum atomic E-state index is -3.28. The number of hydrogen-bond donors (Lipinski definition) is 0. The van der Waals surface area contributed by atoms with E-state index in [2.05, 4.69) is 4.98 Å². The molecule has 2 heterocycles. The molecule has 0 amide bonds. The highest BCUT2D eigenvalue weighted by molar-refractivity contribution is 7.90. The number of hydrogen-bond acceptors (Lipinski definition) is 5. The first-order chi connectivity index (χ1) is 11.8. The van der Waals surface area contributed by atoms with Crippen LogP contribution < -0.4 is 0 Å². The Morgan fingerprint density at radius 2 is 1.64 bits per heavy atom. The predicted octanol–water partition coefficient (Wildman–Crippen LogP) is 3.12. The van der Waals surface area contributed by atoms with Gasteiger partial charge in [-0.2, -0.15) is 0 Å². The van der Waals surface area contributed by atoms with Crippen LogP contribution in [-0.2, 0) is 19.4 Å². The Kier molecular flexibility index (Phi) is 4.24. The lowest BCUT2D eigenvalue weighted by atomic mass is 9.84. The molecule has 1 aromatic heterocycles. The number of cyclic esters (lactones) is 1. The molecule has 0 bridgehead atoms. The fourth-order valence-electron chi connectivity index (χ4n) is 3.02. The molecule has 0 radical (unpaired) electrons. The molecular weight excluding hydrogens is 338 g/mol. The van der Waals surface area contributed by atoms with Gasteiger partial charge >= 0.3 is 5.97 Å². The third-order valence-electron chi connectivity index (χ3n) is 4.52. The number of carbonyl (C=O) groups is 1. The molecule has 25 heavy (non-hydrogen) atoms. The first kappa shape index (κ1) is 17.4. The molecule has 1 unspecified atom stereocenters. The largest absolute Gasteiger partial charge is 0.451 e. The van der Waals surface area contributed by atoms with E-state index in [4.69, 9.17) is 4.74 Å². The Morgan fingerprint density at radius 1 is 1.04 bits per heavy atom. The maximum Gasteiger partial charge on any atom is 0.340 e. The molecule has 1 atom stereocenters. The van der Waals surface area contributed by atoms with Crippen molar-refractivity contribution in [3.05, 3.63) is 59.9 Å². The number of carbonyl (C=O) groups excluding carboxylic acids is 1. The standard InChI is InChI=1S/C19H19NO4S/c1-4-19(2)17(14-5-7-15(8-6-14)25(3,22)23)16(18(21)24-19)13-9-11-20-12-10-13/h5-12H,4H2,1-3H3. The first-order valence-electron chi connectivity index (χ1n) is 7.95. The van der Waals surface area contributed by atoms with Gasteiger partial charge in [-0.05, 0) is 48.7 Å². The molecule has 0 saturated heterocycles. The Hall–Kier alpha value is -2.47. The molecule has 0 saturated carbocycles. The van der Waals surface area contributed by atoms with Crippen LogP contribution in [0.5, 0.6) is 0 Å². The fraction of sp³-hybridized carbons (Fsp3) is 0.263. The summed E-state index contributed by atoms with van der Waals surface area (Å²) >= 11 is 0. The van der Waals surface area contributed by atoms with Gasteiger partial charge < -0.3 is 4.74 Å². The topological polar surface area (TPSA) is 73.3 Å². The monoisotopic (exact) mass is 357 g/mol. The van der Waals surface area contributed by atoms with Crippen molar-refractivity contribution < 1.29 is 17.9 Å². The summed E-state index contributed by atoms with van der Waals surface area (Å²) < 4.78 is 29.1. The van der Waals surface area contributed by atoms with Crippen molar-refractivity contribution >= 4 is 27.0 Å². The van der Waals surface area contributed by atoms with Gasteiger partial charge in [0.2, 0.25) is 0 Å². The number of rotatable bonds is 4. The first-order valence-corrected chi connectivity index (χ1v) is 9.84. The normalized spacial score (nSPS) is 20.7. The molecule has 130 valence electrons. The summed E-state index contributed by atoms with van der Waals surface area (Å²) in [6.45, 7) is 3.83. The molecule has 5 nitrogen and oxygen atoms in total. The molecule has 6 heteroatoms. The summed E-state index contributed by atoms with van der Waals surface area (Å²) in [5.41, 5.74) is 2.02. The highest BCUT2D eigenvalue weighted by atomic mass is 32.2. The van der Waals surface area contributed by atoms with E-state index in [1.807, 2.05) is 13.8 Å². The number of nitrogens with zero attached hydrogens (tertiary/aromatic N) is 1. The van der Waals surface area contributed by atoms with Gasteiger partial charge in [-0.3, -0.25) is 4.98 Å². The zero-order valence-corrected chi connectivity index (χ0v) is 15.1. The summed E-state index contributed by atoms with van der Waals surface area (Å²) in [6, 6.07) is 10.1. The smallest absolute Gasteiger partial charge is 0.340 e.